The molecular formula is C23H29NO7S. The molecule has 0 aliphatic rings. The molecule has 0 saturated heterocycles. The van der Waals surface area contributed by atoms with Crippen LogP contribution in [0.25, 0.3) is 0 Å². The molecule has 2 aromatic rings. The second-order valence-electron chi connectivity index (χ2n) is 7.08. The number of carbonyl (C=O) groups excluding carboxylic acids is 2. The smallest absolute Gasteiger partial charge is 0.335 e. The Labute approximate surface area is 189 Å². The molecule has 2 aromatic carbocycles. The average molecular weight is 464 g/mol. The largest absolute Gasteiger partial charge is 0.464 e. The highest BCUT2D eigenvalue weighted by Gasteiger charge is 2.20. The van der Waals surface area contributed by atoms with E-state index < -0.39 is 16.2 Å². The van der Waals surface area contributed by atoms with Crippen molar-refractivity contribution in [3.63, 3.8) is 0 Å². The first-order chi connectivity index (χ1) is 15.2. The summed E-state index contributed by atoms with van der Waals surface area (Å²) in [6.07, 6.45) is 1.48. The van der Waals surface area contributed by atoms with Crippen LogP contribution < -0.4 is 9.50 Å². The van der Waals surface area contributed by atoms with E-state index in [0.29, 0.717) is 31.7 Å². The molecule has 174 valence electrons. The molecule has 1 unspecified atom stereocenters. The Morgan fingerprint density at radius 2 is 1.56 bits per heavy atom. The number of hydrogen-bond acceptors (Lipinski definition) is 7. The molecule has 9 heteroatoms. The van der Waals surface area contributed by atoms with E-state index in [4.69, 9.17) is 13.7 Å². The number of nitrogens with one attached hydrogen (secondary N) is 1. The van der Waals surface area contributed by atoms with Crippen LogP contribution in [0.2, 0.25) is 0 Å². The maximum atomic E-state index is 12.3. The zero-order chi connectivity index (χ0) is 23.6. The van der Waals surface area contributed by atoms with Crippen molar-refractivity contribution in [1.82, 2.24) is 0 Å². The van der Waals surface area contributed by atoms with Crippen LogP contribution in [0.4, 0.5) is 5.69 Å². The summed E-state index contributed by atoms with van der Waals surface area (Å²) in [5.41, 5.74) is 2.43. The van der Waals surface area contributed by atoms with Crippen LogP contribution in [-0.4, -0.2) is 45.9 Å². The summed E-state index contributed by atoms with van der Waals surface area (Å²) in [5, 5.41) is 2.84. The lowest BCUT2D eigenvalue weighted by atomic mass is 10.1. The average Bonchev–Trinajstić information content (AvgIpc) is 2.73. The lowest BCUT2D eigenvalue weighted by molar-refractivity contribution is -0.156. The SMILES string of the molecule is CCOC(=O)C(Cc1ccc(NC(=O)CCc2ccc(OS(C)(=O)=O)cc2)cc1)OCC. The van der Waals surface area contributed by atoms with E-state index >= 15 is 0 Å². The molecule has 0 spiro atoms. The van der Waals surface area contributed by atoms with Crippen LogP contribution in [0.15, 0.2) is 48.5 Å². The fraction of sp³-hybridized carbons (Fsp3) is 0.391. The van der Waals surface area contributed by atoms with Crippen LogP contribution in [0.5, 0.6) is 5.75 Å². The molecule has 0 radical (unpaired) electrons. The number of amides is 1. The number of hydrogen-bond donors (Lipinski definition) is 1. The third-order valence-electron chi connectivity index (χ3n) is 4.39. The summed E-state index contributed by atoms with van der Waals surface area (Å²) >= 11 is 0. The molecule has 1 atom stereocenters. The molecule has 1 amide bonds. The van der Waals surface area contributed by atoms with E-state index in [9.17, 15) is 18.0 Å². The van der Waals surface area contributed by atoms with Gasteiger partial charge in [0.2, 0.25) is 5.91 Å². The molecule has 0 saturated carbocycles. The van der Waals surface area contributed by atoms with Gasteiger partial charge >= 0.3 is 16.1 Å². The van der Waals surface area contributed by atoms with Gasteiger partial charge in [0.25, 0.3) is 0 Å². The molecule has 0 fully saturated rings. The predicted octanol–water partition coefficient (Wildman–Crippen LogP) is 3.11. The third-order valence-corrected chi connectivity index (χ3v) is 4.88. The van der Waals surface area contributed by atoms with Gasteiger partial charge in [-0.3, -0.25) is 4.79 Å². The van der Waals surface area contributed by atoms with Crippen molar-refractivity contribution in [3.05, 3.63) is 59.7 Å². The van der Waals surface area contributed by atoms with E-state index in [1.54, 1.807) is 43.3 Å². The number of benzene rings is 2. The van der Waals surface area contributed by atoms with Gasteiger partial charge in [-0.15, -0.1) is 0 Å². The van der Waals surface area contributed by atoms with Crippen LogP contribution in [0, 0.1) is 0 Å². The highest BCUT2D eigenvalue weighted by molar-refractivity contribution is 7.86. The van der Waals surface area contributed by atoms with Gasteiger partial charge in [-0.1, -0.05) is 24.3 Å². The van der Waals surface area contributed by atoms with Crippen molar-refractivity contribution >= 4 is 27.7 Å². The van der Waals surface area contributed by atoms with E-state index in [0.717, 1.165) is 17.4 Å². The fourth-order valence-corrected chi connectivity index (χ4v) is 3.41. The number of rotatable bonds is 12. The van der Waals surface area contributed by atoms with E-state index in [-0.39, 0.29) is 24.0 Å². The fourth-order valence-electron chi connectivity index (χ4n) is 2.95. The van der Waals surface area contributed by atoms with Gasteiger partial charge in [-0.2, -0.15) is 8.42 Å². The van der Waals surface area contributed by atoms with Gasteiger partial charge in [0.05, 0.1) is 12.9 Å². The molecule has 8 nitrogen and oxygen atoms in total. The highest BCUT2D eigenvalue weighted by Crippen LogP contribution is 2.16. The predicted molar refractivity (Wildman–Crippen MR) is 121 cm³/mol. The maximum Gasteiger partial charge on any atom is 0.335 e. The van der Waals surface area contributed by atoms with Crippen molar-refractivity contribution in [2.24, 2.45) is 0 Å². The maximum absolute atomic E-state index is 12.3. The van der Waals surface area contributed by atoms with Crippen LogP contribution in [0.1, 0.15) is 31.4 Å². The summed E-state index contributed by atoms with van der Waals surface area (Å²) in [6.45, 7) is 4.28. The zero-order valence-electron chi connectivity index (χ0n) is 18.5. The van der Waals surface area contributed by atoms with Crippen LogP contribution >= 0.6 is 0 Å². The quantitative estimate of drug-likeness (QED) is 0.381. The first-order valence-corrected chi connectivity index (χ1v) is 12.2. The Kier molecular flexibility index (Phi) is 9.67. The molecule has 0 heterocycles. The summed E-state index contributed by atoms with van der Waals surface area (Å²) in [4.78, 5) is 24.2. The molecule has 1 N–H and O–H groups in total. The lowest BCUT2D eigenvalue weighted by Gasteiger charge is -2.15. The van der Waals surface area contributed by atoms with Gasteiger partial charge in [-0.05, 0) is 55.7 Å². The normalized spacial score (nSPS) is 12.1. The number of carbonyl (C=O) groups is 2. The van der Waals surface area contributed by atoms with Crippen LogP contribution in [-0.2, 0) is 42.0 Å². The van der Waals surface area contributed by atoms with E-state index in [1.165, 1.54) is 0 Å². The Hall–Kier alpha value is -2.91. The molecule has 0 bridgehead atoms. The van der Waals surface area contributed by atoms with Crippen molar-refractivity contribution in [2.45, 2.75) is 39.2 Å². The minimum atomic E-state index is -3.56. The van der Waals surface area contributed by atoms with Crippen molar-refractivity contribution in [2.75, 3.05) is 24.8 Å². The van der Waals surface area contributed by atoms with Gasteiger partial charge in [0.15, 0.2) is 6.10 Å². The topological polar surface area (TPSA) is 108 Å². The molecule has 32 heavy (non-hydrogen) atoms. The number of ether oxygens (including phenoxy) is 2. The van der Waals surface area contributed by atoms with Gasteiger partial charge < -0.3 is 19.0 Å². The van der Waals surface area contributed by atoms with Crippen LogP contribution in [0.3, 0.4) is 0 Å². The Morgan fingerprint density at radius 3 is 2.12 bits per heavy atom. The number of aryl methyl sites for hydroxylation is 1. The van der Waals surface area contributed by atoms with Gasteiger partial charge in [-0.25, -0.2) is 4.79 Å². The molecule has 0 aliphatic carbocycles. The van der Waals surface area contributed by atoms with Crippen molar-refractivity contribution in [1.29, 1.82) is 0 Å². The molecular weight excluding hydrogens is 434 g/mol. The second-order valence-corrected chi connectivity index (χ2v) is 8.65. The number of anilines is 1. The molecule has 2 rings (SSSR count). The summed E-state index contributed by atoms with van der Waals surface area (Å²) in [7, 11) is -3.56. The summed E-state index contributed by atoms with van der Waals surface area (Å²) < 4.78 is 37.6. The second kappa shape index (κ2) is 12.2. The van der Waals surface area contributed by atoms with E-state index in [2.05, 4.69) is 5.32 Å². The minimum Gasteiger partial charge on any atom is -0.464 e. The first kappa shape index (κ1) is 25.4. The van der Waals surface area contributed by atoms with Crippen molar-refractivity contribution in [3.8, 4) is 5.75 Å². The Morgan fingerprint density at radius 1 is 0.938 bits per heavy atom. The standard InChI is InChI=1S/C23H29NO7S/c1-4-29-21(23(26)30-5-2)16-18-6-11-19(12-7-18)24-22(25)15-10-17-8-13-20(14-9-17)31-32(3,27)28/h6-9,11-14,21H,4-5,10,15-16H2,1-3H3,(H,24,25). The molecule has 0 aliphatic heterocycles. The first-order valence-electron chi connectivity index (χ1n) is 10.4. The Bertz CT molecular complexity index is 986. The summed E-state index contributed by atoms with van der Waals surface area (Å²) in [6, 6.07) is 13.8. The van der Waals surface area contributed by atoms with E-state index in [1.807, 2.05) is 19.1 Å². The highest BCUT2D eigenvalue weighted by atomic mass is 32.2. The zero-order valence-corrected chi connectivity index (χ0v) is 19.3. The van der Waals surface area contributed by atoms with Crippen molar-refractivity contribution < 1.29 is 31.7 Å². The van der Waals surface area contributed by atoms with Gasteiger partial charge in [0.1, 0.15) is 5.75 Å². The third kappa shape index (κ3) is 9.07. The van der Waals surface area contributed by atoms with Gasteiger partial charge in [0, 0.05) is 25.1 Å². The summed E-state index contributed by atoms with van der Waals surface area (Å²) in [5.74, 6) is -0.300. The lowest BCUT2D eigenvalue weighted by Crippen LogP contribution is -2.29. The minimum absolute atomic E-state index is 0.145. The Balaban J connectivity index is 1.85. The molecule has 0 aromatic heterocycles. The monoisotopic (exact) mass is 463 g/mol. The number of esters is 1.